The Bertz CT molecular complexity index is 431. The smallest absolute Gasteiger partial charge is 0.314 e. The summed E-state index contributed by atoms with van der Waals surface area (Å²) in [6, 6.07) is 3.24. The van der Waals surface area contributed by atoms with E-state index >= 15 is 0 Å². The molecule has 1 saturated heterocycles. The van der Waals surface area contributed by atoms with Crippen molar-refractivity contribution in [1.29, 1.82) is 0 Å². The van der Waals surface area contributed by atoms with E-state index in [4.69, 9.17) is 0 Å². The summed E-state index contributed by atoms with van der Waals surface area (Å²) in [6.45, 7) is 1.96. The number of nitrogens with zero attached hydrogens (tertiary/aromatic N) is 1. The first kappa shape index (κ1) is 18.2. The fourth-order valence-corrected chi connectivity index (χ4v) is 3.61. The maximum Gasteiger partial charge on any atom is 0.408 e. The molecule has 1 aliphatic rings. The van der Waals surface area contributed by atoms with E-state index in [2.05, 4.69) is 37.2 Å². The standard InChI is InChI=1S/C12H13Br2F3N2.ClH/c13-9-5-8(6-10(14)7-9)11(12(15,16)17)19-3-1-18-2-4-19;/h5-7,11,18H,1-4H2;1H/t11-;/m0./s1. The molecule has 114 valence electrons. The third-order valence-corrected chi connectivity index (χ3v) is 3.94. The highest BCUT2D eigenvalue weighted by Crippen LogP contribution is 2.39. The Morgan fingerprint density at radius 3 is 2.00 bits per heavy atom. The number of alkyl halides is 3. The maximum absolute atomic E-state index is 13.4. The van der Waals surface area contributed by atoms with E-state index in [0.29, 0.717) is 35.1 Å². The van der Waals surface area contributed by atoms with E-state index in [1.54, 1.807) is 6.07 Å². The van der Waals surface area contributed by atoms with Gasteiger partial charge < -0.3 is 5.32 Å². The van der Waals surface area contributed by atoms with Gasteiger partial charge in [0.05, 0.1) is 0 Å². The van der Waals surface area contributed by atoms with Crippen molar-refractivity contribution in [2.45, 2.75) is 12.2 Å². The first-order valence-corrected chi connectivity index (χ1v) is 7.44. The molecular weight excluding hydrogens is 424 g/mol. The summed E-state index contributed by atoms with van der Waals surface area (Å²) < 4.78 is 41.4. The minimum absolute atomic E-state index is 0. The largest absolute Gasteiger partial charge is 0.408 e. The van der Waals surface area contributed by atoms with Crippen molar-refractivity contribution in [2.75, 3.05) is 26.2 Å². The summed E-state index contributed by atoms with van der Waals surface area (Å²) >= 11 is 6.49. The summed E-state index contributed by atoms with van der Waals surface area (Å²) in [4.78, 5) is 1.48. The van der Waals surface area contributed by atoms with Gasteiger partial charge >= 0.3 is 6.18 Å². The van der Waals surface area contributed by atoms with Gasteiger partial charge in [0.1, 0.15) is 6.04 Å². The van der Waals surface area contributed by atoms with E-state index in [9.17, 15) is 13.2 Å². The molecule has 2 rings (SSSR count). The van der Waals surface area contributed by atoms with Gasteiger partial charge in [-0.3, -0.25) is 4.90 Å². The van der Waals surface area contributed by atoms with Crippen LogP contribution in [0.3, 0.4) is 0 Å². The summed E-state index contributed by atoms with van der Waals surface area (Å²) in [7, 11) is 0. The Morgan fingerprint density at radius 2 is 1.55 bits per heavy atom. The van der Waals surface area contributed by atoms with Gasteiger partial charge in [0.15, 0.2) is 0 Å². The van der Waals surface area contributed by atoms with E-state index in [1.807, 2.05) is 0 Å². The van der Waals surface area contributed by atoms with Crippen LogP contribution >= 0.6 is 44.3 Å². The highest BCUT2D eigenvalue weighted by atomic mass is 79.9. The lowest BCUT2D eigenvalue weighted by molar-refractivity contribution is -0.187. The van der Waals surface area contributed by atoms with Crippen LogP contribution < -0.4 is 5.32 Å². The SMILES string of the molecule is Cl.FC(F)(F)[C@H](c1cc(Br)cc(Br)c1)N1CCNCC1. The topological polar surface area (TPSA) is 15.3 Å². The monoisotopic (exact) mass is 436 g/mol. The molecule has 1 fully saturated rings. The van der Waals surface area contributed by atoms with Crippen molar-refractivity contribution in [1.82, 2.24) is 10.2 Å². The molecule has 0 radical (unpaired) electrons. The first-order valence-electron chi connectivity index (χ1n) is 5.85. The molecule has 1 N–H and O–H groups in total. The molecule has 1 aromatic carbocycles. The Labute approximate surface area is 138 Å². The third-order valence-electron chi connectivity index (χ3n) is 3.03. The van der Waals surface area contributed by atoms with Crippen molar-refractivity contribution >= 4 is 44.3 Å². The molecule has 1 atom stereocenters. The van der Waals surface area contributed by atoms with Crippen LogP contribution in [0, 0.1) is 0 Å². The Balaban J connectivity index is 0.00000200. The molecule has 0 saturated carbocycles. The summed E-state index contributed by atoms with van der Waals surface area (Å²) in [5.41, 5.74) is 0.260. The van der Waals surface area contributed by atoms with E-state index in [-0.39, 0.29) is 18.0 Å². The lowest BCUT2D eigenvalue weighted by Gasteiger charge is -2.36. The maximum atomic E-state index is 13.4. The molecule has 2 nitrogen and oxygen atoms in total. The van der Waals surface area contributed by atoms with Crippen LogP contribution in [0.25, 0.3) is 0 Å². The minimum Gasteiger partial charge on any atom is -0.314 e. The molecule has 0 aliphatic carbocycles. The number of rotatable bonds is 2. The minimum atomic E-state index is -4.28. The molecule has 0 spiro atoms. The van der Waals surface area contributed by atoms with Gasteiger partial charge in [0.2, 0.25) is 0 Å². The van der Waals surface area contributed by atoms with Crippen molar-refractivity contribution in [3.63, 3.8) is 0 Å². The van der Waals surface area contributed by atoms with Crippen molar-refractivity contribution in [3.8, 4) is 0 Å². The van der Waals surface area contributed by atoms with Gasteiger partial charge in [-0.1, -0.05) is 31.9 Å². The number of benzene rings is 1. The second kappa shape index (κ2) is 7.45. The summed E-state index contributed by atoms with van der Waals surface area (Å²) in [5, 5.41) is 3.07. The van der Waals surface area contributed by atoms with E-state index < -0.39 is 12.2 Å². The number of nitrogens with one attached hydrogen (secondary N) is 1. The van der Waals surface area contributed by atoms with Crippen LogP contribution in [0.5, 0.6) is 0 Å². The van der Waals surface area contributed by atoms with Crippen LogP contribution in [0.4, 0.5) is 13.2 Å². The second-order valence-electron chi connectivity index (χ2n) is 4.43. The normalized spacial score (nSPS) is 18.4. The molecular formula is C12H14Br2ClF3N2. The molecule has 0 amide bonds. The fraction of sp³-hybridized carbons (Fsp3) is 0.500. The second-order valence-corrected chi connectivity index (χ2v) is 6.26. The molecule has 1 aromatic rings. The summed E-state index contributed by atoms with van der Waals surface area (Å²) in [5.74, 6) is 0. The van der Waals surface area contributed by atoms with Crippen LogP contribution in [0.15, 0.2) is 27.1 Å². The molecule has 0 bridgehead atoms. The third kappa shape index (κ3) is 4.59. The molecule has 1 aliphatic heterocycles. The Morgan fingerprint density at radius 1 is 1.05 bits per heavy atom. The predicted molar refractivity (Wildman–Crippen MR) is 82.3 cm³/mol. The van der Waals surface area contributed by atoms with Crippen LogP contribution in [0.1, 0.15) is 11.6 Å². The van der Waals surface area contributed by atoms with E-state index in [1.165, 1.54) is 17.0 Å². The number of halogens is 6. The quantitative estimate of drug-likeness (QED) is 0.747. The summed E-state index contributed by atoms with van der Waals surface area (Å²) in [6.07, 6.45) is -4.28. The van der Waals surface area contributed by atoms with Gasteiger partial charge in [0, 0.05) is 35.1 Å². The average Bonchev–Trinajstić information content (AvgIpc) is 2.27. The van der Waals surface area contributed by atoms with Gasteiger partial charge in [-0.25, -0.2) is 0 Å². The van der Waals surface area contributed by atoms with Gasteiger partial charge in [0.25, 0.3) is 0 Å². The van der Waals surface area contributed by atoms with Gasteiger partial charge in [-0.15, -0.1) is 12.4 Å². The van der Waals surface area contributed by atoms with Crippen molar-refractivity contribution in [2.24, 2.45) is 0 Å². The molecule has 20 heavy (non-hydrogen) atoms. The number of hydrogen-bond acceptors (Lipinski definition) is 2. The molecule has 0 aromatic heterocycles. The van der Waals surface area contributed by atoms with Crippen molar-refractivity contribution in [3.05, 3.63) is 32.7 Å². The highest BCUT2D eigenvalue weighted by molar-refractivity contribution is 9.11. The lowest BCUT2D eigenvalue weighted by Crippen LogP contribution is -2.49. The average molecular weight is 439 g/mol. The highest BCUT2D eigenvalue weighted by Gasteiger charge is 2.45. The Hall–Kier alpha value is 0.180. The zero-order chi connectivity index (χ0) is 14.0. The first-order chi connectivity index (χ1) is 8.88. The fourth-order valence-electron chi connectivity index (χ4n) is 2.28. The molecule has 0 unspecified atom stereocenters. The van der Waals surface area contributed by atoms with Crippen LogP contribution in [-0.4, -0.2) is 37.3 Å². The van der Waals surface area contributed by atoms with Crippen molar-refractivity contribution < 1.29 is 13.2 Å². The zero-order valence-corrected chi connectivity index (χ0v) is 14.4. The van der Waals surface area contributed by atoms with E-state index in [0.717, 1.165) is 0 Å². The predicted octanol–water partition coefficient (Wildman–Crippen LogP) is 4.14. The van der Waals surface area contributed by atoms with Gasteiger partial charge in [-0.05, 0) is 23.8 Å². The molecule has 1 heterocycles. The van der Waals surface area contributed by atoms with Crippen LogP contribution in [0.2, 0.25) is 0 Å². The number of hydrogen-bond donors (Lipinski definition) is 1. The van der Waals surface area contributed by atoms with Gasteiger partial charge in [-0.2, -0.15) is 13.2 Å². The lowest BCUT2D eigenvalue weighted by atomic mass is 10.0. The van der Waals surface area contributed by atoms with Crippen LogP contribution in [-0.2, 0) is 0 Å². The Kier molecular flexibility index (Phi) is 6.79. The number of piperazine rings is 1. The molecule has 8 heteroatoms. The zero-order valence-electron chi connectivity index (χ0n) is 10.4.